The van der Waals surface area contributed by atoms with Crippen molar-refractivity contribution >= 4 is 24.0 Å². The van der Waals surface area contributed by atoms with Gasteiger partial charge in [-0.15, -0.1) is 12.4 Å². The van der Waals surface area contributed by atoms with Crippen LogP contribution in [0, 0.1) is 10.1 Å². The van der Waals surface area contributed by atoms with Gasteiger partial charge in [0.05, 0.1) is 12.0 Å². The predicted octanol–water partition coefficient (Wildman–Crippen LogP) is 1.26. The molecule has 1 aromatic carbocycles. The number of nitrogens with one attached hydrogen (secondary N) is 1. The van der Waals surface area contributed by atoms with E-state index in [2.05, 4.69) is 5.32 Å². The van der Waals surface area contributed by atoms with E-state index in [0.717, 1.165) is 12.8 Å². The highest BCUT2D eigenvalue weighted by Gasteiger charge is 2.15. The Morgan fingerprint density at radius 3 is 2.73 bits per heavy atom. The maximum atomic E-state index is 11.5. The summed E-state index contributed by atoms with van der Waals surface area (Å²) in [7, 11) is 1.33. The van der Waals surface area contributed by atoms with Gasteiger partial charge in [0.1, 0.15) is 5.75 Å². The number of nitrogens with zero attached hydrogens (tertiary/aromatic N) is 1. The molecule has 0 aliphatic carbocycles. The second kappa shape index (κ2) is 10.6. The van der Waals surface area contributed by atoms with Gasteiger partial charge in [-0.3, -0.25) is 14.9 Å². The van der Waals surface area contributed by atoms with Gasteiger partial charge in [0.2, 0.25) is 5.75 Å². The molecule has 9 heteroatoms. The van der Waals surface area contributed by atoms with Crippen molar-refractivity contribution in [2.75, 3.05) is 26.8 Å². The normalized spacial score (nSPS) is 9.55. The maximum Gasteiger partial charge on any atom is 0.311 e. The number of unbranched alkanes of at least 4 members (excludes halogenated alkanes) is 1. The van der Waals surface area contributed by atoms with Crippen molar-refractivity contribution in [1.29, 1.82) is 0 Å². The lowest BCUT2D eigenvalue weighted by molar-refractivity contribution is -0.385. The first kappa shape index (κ1) is 19.9. The highest BCUT2D eigenvalue weighted by atomic mass is 35.5. The van der Waals surface area contributed by atoms with Gasteiger partial charge < -0.3 is 20.5 Å². The van der Waals surface area contributed by atoms with E-state index in [0.29, 0.717) is 18.8 Å². The smallest absolute Gasteiger partial charge is 0.311 e. The molecule has 0 aromatic heterocycles. The Balaban J connectivity index is 0.00000441. The van der Waals surface area contributed by atoms with Crippen LogP contribution < -0.4 is 20.5 Å². The van der Waals surface area contributed by atoms with Crippen LogP contribution in [0.15, 0.2) is 18.2 Å². The standard InChI is InChI=1S/C13H19N3O5.ClH/c1-20-12-8-10(4-5-11(12)16(18)19)21-9-13(17)15-7-3-2-6-14;/h4-5,8H,2-3,6-7,9,14H2,1H3,(H,15,17);1H. The molecule has 1 amide bonds. The summed E-state index contributed by atoms with van der Waals surface area (Å²) < 4.78 is 10.2. The Morgan fingerprint density at radius 1 is 1.41 bits per heavy atom. The van der Waals surface area contributed by atoms with Gasteiger partial charge in [0.25, 0.3) is 5.91 Å². The molecule has 0 fully saturated rings. The molecule has 124 valence electrons. The van der Waals surface area contributed by atoms with Crippen LogP contribution in [0.5, 0.6) is 11.5 Å². The van der Waals surface area contributed by atoms with Gasteiger partial charge in [-0.2, -0.15) is 0 Å². The molecule has 22 heavy (non-hydrogen) atoms. The molecule has 0 saturated carbocycles. The van der Waals surface area contributed by atoms with E-state index >= 15 is 0 Å². The first-order valence-corrected chi connectivity index (χ1v) is 6.50. The molecule has 0 heterocycles. The highest BCUT2D eigenvalue weighted by molar-refractivity contribution is 5.85. The Labute approximate surface area is 134 Å². The molecule has 1 aromatic rings. The fraction of sp³-hybridized carbons (Fsp3) is 0.462. The van der Waals surface area contributed by atoms with Crippen LogP contribution in [0.1, 0.15) is 12.8 Å². The number of carbonyl (C=O) groups excluding carboxylic acids is 1. The lowest BCUT2D eigenvalue weighted by Gasteiger charge is -2.08. The van der Waals surface area contributed by atoms with Crippen LogP contribution >= 0.6 is 12.4 Å². The van der Waals surface area contributed by atoms with Crippen LogP contribution in [0.3, 0.4) is 0 Å². The van der Waals surface area contributed by atoms with Crippen LogP contribution in [0.2, 0.25) is 0 Å². The van der Waals surface area contributed by atoms with Gasteiger partial charge in [0, 0.05) is 18.7 Å². The number of hydrogen-bond acceptors (Lipinski definition) is 6. The molecule has 0 bridgehead atoms. The van der Waals surface area contributed by atoms with E-state index in [1.165, 1.54) is 25.3 Å². The number of carbonyl (C=O) groups is 1. The fourth-order valence-corrected chi connectivity index (χ4v) is 1.60. The molecule has 0 aliphatic heterocycles. The average molecular weight is 334 g/mol. The Hall–Kier alpha value is -2.06. The average Bonchev–Trinajstić information content (AvgIpc) is 2.49. The molecule has 3 N–H and O–H groups in total. The predicted molar refractivity (Wildman–Crippen MR) is 83.7 cm³/mol. The third-order valence-electron chi connectivity index (χ3n) is 2.67. The number of benzene rings is 1. The molecule has 0 aliphatic rings. The van der Waals surface area contributed by atoms with Crippen LogP contribution in [0.25, 0.3) is 0 Å². The summed E-state index contributed by atoms with van der Waals surface area (Å²) in [6.45, 7) is 0.974. The Kier molecular flexibility index (Phi) is 9.64. The summed E-state index contributed by atoms with van der Waals surface area (Å²) >= 11 is 0. The van der Waals surface area contributed by atoms with E-state index in [1.807, 2.05) is 0 Å². The SMILES string of the molecule is COc1cc(OCC(=O)NCCCCN)ccc1[N+](=O)[O-].Cl. The van der Waals surface area contributed by atoms with Crippen molar-refractivity contribution in [2.24, 2.45) is 5.73 Å². The maximum absolute atomic E-state index is 11.5. The third kappa shape index (κ3) is 6.59. The van der Waals surface area contributed by atoms with Crippen molar-refractivity contribution in [1.82, 2.24) is 5.32 Å². The number of nitro benzene ring substituents is 1. The van der Waals surface area contributed by atoms with Crippen LogP contribution in [-0.4, -0.2) is 37.6 Å². The van der Waals surface area contributed by atoms with Gasteiger partial charge in [-0.05, 0) is 25.5 Å². The number of halogens is 1. The quantitative estimate of drug-likeness (QED) is 0.399. The molecule has 8 nitrogen and oxygen atoms in total. The molecule has 0 spiro atoms. The summed E-state index contributed by atoms with van der Waals surface area (Å²) in [4.78, 5) is 21.7. The van der Waals surface area contributed by atoms with Crippen molar-refractivity contribution in [3.8, 4) is 11.5 Å². The van der Waals surface area contributed by atoms with Crippen molar-refractivity contribution in [3.05, 3.63) is 28.3 Å². The third-order valence-corrected chi connectivity index (χ3v) is 2.67. The Bertz CT molecular complexity index is 499. The second-order valence-electron chi connectivity index (χ2n) is 4.23. The zero-order valence-electron chi connectivity index (χ0n) is 12.2. The van der Waals surface area contributed by atoms with Gasteiger partial charge >= 0.3 is 5.69 Å². The van der Waals surface area contributed by atoms with Gasteiger partial charge in [0.15, 0.2) is 6.61 Å². The van der Waals surface area contributed by atoms with Crippen molar-refractivity contribution < 1.29 is 19.2 Å². The first-order valence-electron chi connectivity index (χ1n) is 6.50. The largest absolute Gasteiger partial charge is 0.490 e. The summed E-state index contributed by atoms with van der Waals surface area (Å²) in [5.74, 6) is 0.153. The van der Waals surface area contributed by atoms with E-state index < -0.39 is 4.92 Å². The van der Waals surface area contributed by atoms with E-state index in [9.17, 15) is 14.9 Å². The first-order chi connectivity index (χ1) is 10.1. The number of ether oxygens (including phenoxy) is 2. The Morgan fingerprint density at radius 2 is 2.14 bits per heavy atom. The van der Waals surface area contributed by atoms with Crippen molar-refractivity contribution in [3.63, 3.8) is 0 Å². The number of methoxy groups -OCH3 is 1. The zero-order valence-corrected chi connectivity index (χ0v) is 13.1. The number of rotatable bonds is 9. The molecule has 0 radical (unpaired) electrons. The molecule has 0 atom stereocenters. The molecular weight excluding hydrogens is 314 g/mol. The number of nitrogens with two attached hydrogens (primary N) is 1. The lowest BCUT2D eigenvalue weighted by Crippen LogP contribution is -2.29. The van der Waals surface area contributed by atoms with Crippen LogP contribution in [-0.2, 0) is 4.79 Å². The summed E-state index contributed by atoms with van der Waals surface area (Å²) in [5.41, 5.74) is 5.19. The minimum atomic E-state index is -0.549. The minimum absolute atomic E-state index is 0. The summed E-state index contributed by atoms with van der Waals surface area (Å²) in [5, 5.41) is 13.4. The van der Waals surface area contributed by atoms with E-state index in [4.69, 9.17) is 15.2 Å². The fourth-order valence-electron chi connectivity index (χ4n) is 1.60. The van der Waals surface area contributed by atoms with Crippen LogP contribution in [0.4, 0.5) is 5.69 Å². The van der Waals surface area contributed by atoms with E-state index in [-0.39, 0.29) is 36.4 Å². The number of nitro groups is 1. The molecule has 0 saturated heterocycles. The zero-order chi connectivity index (χ0) is 15.7. The van der Waals surface area contributed by atoms with E-state index in [1.54, 1.807) is 0 Å². The summed E-state index contributed by atoms with van der Waals surface area (Å²) in [6, 6.07) is 4.06. The molecular formula is C13H20ClN3O5. The highest BCUT2D eigenvalue weighted by Crippen LogP contribution is 2.30. The molecule has 0 unspecified atom stereocenters. The lowest BCUT2D eigenvalue weighted by atomic mass is 10.3. The van der Waals surface area contributed by atoms with Crippen molar-refractivity contribution in [2.45, 2.75) is 12.8 Å². The number of amides is 1. The monoisotopic (exact) mass is 333 g/mol. The summed E-state index contributed by atoms with van der Waals surface area (Å²) in [6.07, 6.45) is 1.66. The topological polar surface area (TPSA) is 117 Å². The number of hydrogen-bond donors (Lipinski definition) is 2. The van der Waals surface area contributed by atoms with Gasteiger partial charge in [-0.25, -0.2) is 0 Å². The van der Waals surface area contributed by atoms with Gasteiger partial charge in [-0.1, -0.05) is 0 Å². The second-order valence-corrected chi connectivity index (χ2v) is 4.23. The minimum Gasteiger partial charge on any atom is -0.490 e. The molecule has 1 rings (SSSR count).